The second-order valence-electron chi connectivity index (χ2n) is 14.6. The van der Waals surface area contributed by atoms with Crippen LogP contribution in [0.3, 0.4) is 0 Å². The molecule has 3 nitrogen and oxygen atoms in total. The highest BCUT2D eigenvalue weighted by molar-refractivity contribution is 6.11. The first kappa shape index (κ1) is 32.8. The molecule has 268 valence electrons. The maximum atomic E-state index is 6.39. The lowest BCUT2D eigenvalue weighted by Gasteiger charge is -2.26. The fourth-order valence-corrected chi connectivity index (χ4v) is 8.41. The van der Waals surface area contributed by atoms with Gasteiger partial charge in [-0.05, 0) is 124 Å². The van der Waals surface area contributed by atoms with Crippen LogP contribution in [-0.2, 0) is 0 Å². The van der Waals surface area contributed by atoms with Crippen LogP contribution in [0.5, 0.6) is 0 Å². The lowest BCUT2D eigenvalue weighted by molar-refractivity contribution is 0.669. The molecule has 0 aliphatic rings. The Balaban J connectivity index is 0.946. The van der Waals surface area contributed by atoms with Gasteiger partial charge in [0.25, 0.3) is 0 Å². The van der Waals surface area contributed by atoms with Gasteiger partial charge in [-0.1, -0.05) is 127 Å². The first-order valence-electron chi connectivity index (χ1n) is 19.4. The smallest absolute Gasteiger partial charge is 0.135 e. The average molecular weight is 729 g/mol. The van der Waals surface area contributed by atoms with Crippen LogP contribution in [0.1, 0.15) is 0 Å². The second kappa shape index (κ2) is 13.6. The molecular weight excluding hydrogens is 693 g/mol. The zero-order valence-corrected chi connectivity index (χ0v) is 31.1. The standard InChI is InChI=1S/C54H36N2O/c1-4-12-37(13-5-1)38-20-27-45(28-21-38)55(43-14-6-2-7-15-43)46-29-22-39(23-30-46)40-25-32-53-49(35-40)50-36-42(26-33-54(50)57-53)41-24-31-52-48(34-41)47-18-10-11-19-51(47)56(52)44-16-8-3-9-17-44/h1-36H. The first-order chi connectivity index (χ1) is 28.2. The van der Waals surface area contributed by atoms with Gasteiger partial charge in [-0.25, -0.2) is 0 Å². The van der Waals surface area contributed by atoms with Crippen LogP contribution in [0.4, 0.5) is 17.1 Å². The second-order valence-corrected chi connectivity index (χ2v) is 14.6. The highest BCUT2D eigenvalue weighted by atomic mass is 16.3. The lowest BCUT2D eigenvalue weighted by atomic mass is 9.99. The number of benzene rings is 9. The van der Waals surface area contributed by atoms with Crippen molar-refractivity contribution in [3.8, 4) is 39.1 Å². The van der Waals surface area contributed by atoms with Crippen molar-refractivity contribution in [1.82, 2.24) is 4.57 Å². The Labute approximate surface area is 330 Å². The fourth-order valence-electron chi connectivity index (χ4n) is 8.41. The van der Waals surface area contributed by atoms with Gasteiger partial charge in [-0.3, -0.25) is 0 Å². The van der Waals surface area contributed by atoms with E-state index in [1.54, 1.807) is 0 Å². The minimum atomic E-state index is 0.887. The zero-order valence-electron chi connectivity index (χ0n) is 31.1. The number of hydrogen-bond donors (Lipinski definition) is 0. The van der Waals surface area contributed by atoms with E-state index in [2.05, 4.69) is 228 Å². The molecule has 2 heterocycles. The molecule has 3 heteroatoms. The first-order valence-corrected chi connectivity index (χ1v) is 19.4. The van der Waals surface area contributed by atoms with E-state index in [0.717, 1.165) is 61.4 Å². The van der Waals surface area contributed by atoms with Crippen LogP contribution in [0.15, 0.2) is 223 Å². The summed E-state index contributed by atoms with van der Waals surface area (Å²) in [5.41, 5.74) is 15.7. The van der Waals surface area contributed by atoms with E-state index < -0.39 is 0 Å². The van der Waals surface area contributed by atoms with Crippen molar-refractivity contribution in [3.63, 3.8) is 0 Å². The van der Waals surface area contributed by atoms with Gasteiger partial charge in [0.1, 0.15) is 11.2 Å². The van der Waals surface area contributed by atoms with E-state index in [1.807, 2.05) is 0 Å². The minimum absolute atomic E-state index is 0.887. The van der Waals surface area contributed by atoms with Crippen LogP contribution in [0, 0.1) is 0 Å². The molecular formula is C54H36N2O. The average Bonchev–Trinajstić information content (AvgIpc) is 3.82. The number of furan rings is 1. The van der Waals surface area contributed by atoms with Crippen molar-refractivity contribution in [1.29, 1.82) is 0 Å². The molecule has 0 saturated heterocycles. The molecule has 2 aromatic heterocycles. The number of para-hydroxylation sites is 3. The number of nitrogens with zero attached hydrogens (tertiary/aromatic N) is 2. The van der Waals surface area contributed by atoms with Gasteiger partial charge < -0.3 is 13.9 Å². The van der Waals surface area contributed by atoms with Gasteiger partial charge >= 0.3 is 0 Å². The largest absolute Gasteiger partial charge is 0.456 e. The quantitative estimate of drug-likeness (QED) is 0.163. The number of hydrogen-bond acceptors (Lipinski definition) is 2. The molecule has 0 unspecified atom stereocenters. The van der Waals surface area contributed by atoms with Crippen molar-refractivity contribution in [2.24, 2.45) is 0 Å². The molecule has 0 atom stereocenters. The Morgan fingerprint density at radius 2 is 0.719 bits per heavy atom. The Morgan fingerprint density at radius 1 is 0.298 bits per heavy atom. The summed E-state index contributed by atoms with van der Waals surface area (Å²) in [6, 6.07) is 78.0. The molecule has 57 heavy (non-hydrogen) atoms. The number of rotatable bonds is 7. The van der Waals surface area contributed by atoms with Crippen LogP contribution in [-0.4, -0.2) is 4.57 Å². The van der Waals surface area contributed by atoms with Gasteiger partial charge in [0, 0.05) is 44.3 Å². The van der Waals surface area contributed by atoms with E-state index in [9.17, 15) is 0 Å². The summed E-state index contributed by atoms with van der Waals surface area (Å²) in [6.45, 7) is 0. The summed E-state index contributed by atoms with van der Waals surface area (Å²) in [5, 5.41) is 4.71. The Hall–Kier alpha value is -7.62. The Kier molecular flexibility index (Phi) is 7.82. The predicted molar refractivity (Wildman–Crippen MR) is 239 cm³/mol. The van der Waals surface area contributed by atoms with E-state index in [0.29, 0.717) is 0 Å². The normalized spacial score (nSPS) is 11.5. The van der Waals surface area contributed by atoms with Crippen molar-refractivity contribution < 1.29 is 4.42 Å². The highest BCUT2D eigenvalue weighted by Gasteiger charge is 2.16. The summed E-state index contributed by atoms with van der Waals surface area (Å²) in [4.78, 5) is 2.31. The molecule has 11 rings (SSSR count). The summed E-state index contributed by atoms with van der Waals surface area (Å²) in [6.07, 6.45) is 0. The van der Waals surface area contributed by atoms with Crippen molar-refractivity contribution in [2.75, 3.05) is 4.90 Å². The van der Waals surface area contributed by atoms with Crippen molar-refractivity contribution in [2.45, 2.75) is 0 Å². The van der Waals surface area contributed by atoms with E-state index in [4.69, 9.17) is 4.42 Å². The molecule has 0 fully saturated rings. The van der Waals surface area contributed by atoms with Gasteiger partial charge in [-0.2, -0.15) is 0 Å². The molecule has 0 radical (unpaired) electrons. The maximum absolute atomic E-state index is 6.39. The van der Waals surface area contributed by atoms with Crippen molar-refractivity contribution >= 4 is 60.8 Å². The predicted octanol–water partition coefficient (Wildman–Crippen LogP) is 15.2. The number of aromatic nitrogens is 1. The van der Waals surface area contributed by atoms with E-state index >= 15 is 0 Å². The maximum Gasteiger partial charge on any atom is 0.135 e. The van der Waals surface area contributed by atoms with Gasteiger partial charge in [-0.15, -0.1) is 0 Å². The van der Waals surface area contributed by atoms with Crippen LogP contribution in [0.2, 0.25) is 0 Å². The van der Waals surface area contributed by atoms with Crippen LogP contribution < -0.4 is 4.90 Å². The highest BCUT2D eigenvalue weighted by Crippen LogP contribution is 2.40. The van der Waals surface area contributed by atoms with Gasteiger partial charge in [0.05, 0.1) is 11.0 Å². The lowest BCUT2D eigenvalue weighted by Crippen LogP contribution is -2.09. The Bertz CT molecular complexity index is 3200. The minimum Gasteiger partial charge on any atom is -0.456 e. The molecule has 0 bridgehead atoms. The molecule has 9 aromatic carbocycles. The third kappa shape index (κ3) is 5.76. The molecule has 0 saturated carbocycles. The number of fused-ring (bicyclic) bond motifs is 6. The summed E-state index contributed by atoms with van der Waals surface area (Å²) in [5.74, 6) is 0. The molecule has 0 amide bonds. The van der Waals surface area contributed by atoms with Gasteiger partial charge in [0.15, 0.2) is 0 Å². The van der Waals surface area contributed by atoms with E-state index in [1.165, 1.54) is 38.5 Å². The number of anilines is 3. The zero-order chi connectivity index (χ0) is 37.7. The third-order valence-electron chi connectivity index (χ3n) is 11.2. The van der Waals surface area contributed by atoms with Gasteiger partial charge in [0.2, 0.25) is 0 Å². The van der Waals surface area contributed by atoms with Crippen LogP contribution >= 0.6 is 0 Å². The van der Waals surface area contributed by atoms with Crippen molar-refractivity contribution in [3.05, 3.63) is 218 Å². The monoisotopic (exact) mass is 728 g/mol. The summed E-state index contributed by atoms with van der Waals surface area (Å²) in [7, 11) is 0. The molecule has 11 aromatic rings. The SMILES string of the molecule is c1ccc(-c2ccc(N(c3ccccc3)c3ccc(-c4ccc5oc6ccc(-c7ccc8c(c7)c7ccccc7n8-c7ccccc7)cc6c5c4)cc3)cc2)cc1. The molecule has 0 N–H and O–H groups in total. The fraction of sp³-hybridized carbons (Fsp3) is 0. The van der Waals surface area contributed by atoms with Crippen LogP contribution in [0.25, 0.3) is 82.8 Å². The van der Waals surface area contributed by atoms with E-state index in [-0.39, 0.29) is 0 Å². The molecule has 0 aliphatic heterocycles. The third-order valence-corrected chi connectivity index (χ3v) is 11.2. The molecule has 0 aliphatic carbocycles. The summed E-state index contributed by atoms with van der Waals surface area (Å²) >= 11 is 0. The Morgan fingerprint density at radius 3 is 1.35 bits per heavy atom. The summed E-state index contributed by atoms with van der Waals surface area (Å²) < 4.78 is 8.75. The molecule has 0 spiro atoms. The topological polar surface area (TPSA) is 21.3 Å².